The summed E-state index contributed by atoms with van der Waals surface area (Å²) in [6.45, 7) is 0. The number of carbonyl (C=O) groups is 1. The SMILES string of the molecule is COC(=O)c1ccccc1Nc1cnnc(NC2CC2)n1. The standard InChI is InChI=1S/C14H15N5O2/c1-21-13(20)10-4-2-3-5-11(10)17-12-8-15-19-14(18-12)16-9-6-7-9/h2-5,8-9H,6-7H2,1H3,(H2,16,17,18,19). The van der Waals surface area contributed by atoms with Crippen molar-refractivity contribution < 1.29 is 9.53 Å². The molecule has 21 heavy (non-hydrogen) atoms. The lowest BCUT2D eigenvalue weighted by Gasteiger charge is -2.10. The minimum absolute atomic E-state index is 0.406. The van der Waals surface area contributed by atoms with Gasteiger partial charge in [0.05, 0.1) is 24.6 Å². The van der Waals surface area contributed by atoms with Crippen molar-refractivity contribution >= 4 is 23.4 Å². The average molecular weight is 285 g/mol. The van der Waals surface area contributed by atoms with Gasteiger partial charge in [0.1, 0.15) is 0 Å². The number of esters is 1. The summed E-state index contributed by atoms with van der Waals surface area (Å²) in [5, 5.41) is 14.1. The van der Waals surface area contributed by atoms with Crippen LogP contribution in [-0.4, -0.2) is 34.3 Å². The number of nitrogens with one attached hydrogen (secondary N) is 2. The predicted molar refractivity (Wildman–Crippen MR) is 77.5 cm³/mol. The molecule has 1 aliphatic rings. The zero-order chi connectivity index (χ0) is 14.7. The molecule has 1 aromatic carbocycles. The topological polar surface area (TPSA) is 89.0 Å². The number of benzene rings is 1. The number of para-hydroxylation sites is 1. The van der Waals surface area contributed by atoms with Gasteiger partial charge in [-0.15, -0.1) is 5.10 Å². The Morgan fingerprint density at radius 1 is 1.33 bits per heavy atom. The van der Waals surface area contributed by atoms with E-state index in [9.17, 15) is 4.79 Å². The molecule has 0 spiro atoms. The molecule has 2 aromatic rings. The molecule has 1 fully saturated rings. The first kappa shape index (κ1) is 13.3. The van der Waals surface area contributed by atoms with E-state index in [0.29, 0.717) is 29.1 Å². The number of methoxy groups -OCH3 is 1. The van der Waals surface area contributed by atoms with E-state index in [1.54, 1.807) is 18.2 Å². The van der Waals surface area contributed by atoms with Crippen LogP contribution in [0.4, 0.5) is 17.5 Å². The van der Waals surface area contributed by atoms with E-state index in [2.05, 4.69) is 25.8 Å². The van der Waals surface area contributed by atoms with Crippen LogP contribution in [0.2, 0.25) is 0 Å². The molecular formula is C14H15N5O2. The maximum Gasteiger partial charge on any atom is 0.339 e. The molecule has 0 aliphatic heterocycles. The van der Waals surface area contributed by atoms with E-state index in [1.165, 1.54) is 13.3 Å². The summed E-state index contributed by atoms with van der Waals surface area (Å²) in [7, 11) is 1.35. The van der Waals surface area contributed by atoms with Crippen molar-refractivity contribution in [2.45, 2.75) is 18.9 Å². The Morgan fingerprint density at radius 2 is 2.14 bits per heavy atom. The lowest BCUT2D eigenvalue weighted by Crippen LogP contribution is -2.09. The van der Waals surface area contributed by atoms with Gasteiger partial charge >= 0.3 is 5.97 Å². The summed E-state index contributed by atoms with van der Waals surface area (Å²) in [4.78, 5) is 16.0. The van der Waals surface area contributed by atoms with E-state index in [1.807, 2.05) is 6.07 Å². The van der Waals surface area contributed by atoms with Crippen LogP contribution in [0, 0.1) is 0 Å². The third kappa shape index (κ3) is 3.25. The number of hydrogen-bond acceptors (Lipinski definition) is 7. The highest BCUT2D eigenvalue weighted by Gasteiger charge is 2.22. The van der Waals surface area contributed by atoms with Crippen LogP contribution in [-0.2, 0) is 4.74 Å². The van der Waals surface area contributed by atoms with Gasteiger partial charge in [0.25, 0.3) is 0 Å². The molecule has 1 heterocycles. The second-order valence-corrected chi connectivity index (χ2v) is 4.75. The Kier molecular flexibility index (Phi) is 3.63. The lowest BCUT2D eigenvalue weighted by atomic mass is 10.2. The van der Waals surface area contributed by atoms with Crippen molar-refractivity contribution in [3.63, 3.8) is 0 Å². The van der Waals surface area contributed by atoms with Gasteiger partial charge in [-0.2, -0.15) is 10.1 Å². The first-order chi connectivity index (χ1) is 10.3. The summed E-state index contributed by atoms with van der Waals surface area (Å²) >= 11 is 0. The fraction of sp³-hybridized carbons (Fsp3) is 0.286. The Bertz CT molecular complexity index is 657. The number of hydrogen-bond donors (Lipinski definition) is 2. The smallest absolute Gasteiger partial charge is 0.339 e. The first-order valence-corrected chi connectivity index (χ1v) is 6.67. The Labute approximate surface area is 121 Å². The molecule has 0 amide bonds. The summed E-state index contributed by atoms with van der Waals surface area (Å²) in [6, 6.07) is 7.51. The maximum absolute atomic E-state index is 11.7. The van der Waals surface area contributed by atoms with Gasteiger partial charge in [0.2, 0.25) is 5.95 Å². The average Bonchev–Trinajstić information content (AvgIpc) is 3.31. The van der Waals surface area contributed by atoms with Gasteiger partial charge in [-0.1, -0.05) is 12.1 Å². The number of nitrogens with zero attached hydrogens (tertiary/aromatic N) is 3. The van der Waals surface area contributed by atoms with Crippen LogP contribution in [0.5, 0.6) is 0 Å². The number of anilines is 3. The summed E-state index contributed by atoms with van der Waals surface area (Å²) in [5.41, 5.74) is 1.05. The molecule has 108 valence electrons. The number of ether oxygens (including phenoxy) is 1. The van der Waals surface area contributed by atoms with Crippen molar-refractivity contribution in [2.24, 2.45) is 0 Å². The number of rotatable bonds is 5. The van der Waals surface area contributed by atoms with Crippen LogP contribution < -0.4 is 10.6 Å². The van der Waals surface area contributed by atoms with Gasteiger partial charge in [0.15, 0.2) is 5.82 Å². The second-order valence-electron chi connectivity index (χ2n) is 4.75. The van der Waals surface area contributed by atoms with Crippen molar-refractivity contribution in [1.82, 2.24) is 15.2 Å². The Morgan fingerprint density at radius 3 is 2.90 bits per heavy atom. The molecule has 0 bridgehead atoms. The quantitative estimate of drug-likeness (QED) is 0.812. The molecule has 0 atom stereocenters. The highest BCUT2D eigenvalue weighted by Crippen LogP contribution is 2.24. The summed E-state index contributed by atoms with van der Waals surface area (Å²) in [5.74, 6) is 0.596. The molecular weight excluding hydrogens is 270 g/mol. The zero-order valence-electron chi connectivity index (χ0n) is 11.5. The van der Waals surface area contributed by atoms with Crippen LogP contribution in [0.15, 0.2) is 30.5 Å². The van der Waals surface area contributed by atoms with Gasteiger partial charge in [-0.25, -0.2) is 4.79 Å². The molecule has 1 aliphatic carbocycles. The third-order valence-electron chi connectivity index (χ3n) is 3.06. The minimum atomic E-state index is -0.406. The highest BCUT2D eigenvalue weighted by molar-refractivity contribution is 5.96. The monoisotopic (exact) mass is 285 g/mol. The van der Waals surface area contributed by atoms with Crippen molar-refractivity contribution in [1.29, 1.82) is 0 Å². The normalized spacial score (nSPS) is 13.6. The number of carbonyl (C=O) groups excluding carboxylic acids is 1. The predicted octanol–water partition coefficient (Wildman–Crippen LogP) is 1.98. The van der Waals surface area contributed by atoms with E-state index in [-0.39, 0.29) is 0 Å². The van der Waals surface area contributed by atoms with E-state index in [0.717, 1.165) is 12.8 Å². The minimum Gasteiger partial charge on any atom is -0.465 e. The van der Waals surface area contributed by atoms with E-state index in [4.69, 9.17) is 4.74 Å². The van der Waals surface area contributed by atoms with Crippen LogP contribution in [0.1, 0.15) is 23.2 Å². The fourth-order valence-corrected chi connectivity index (χ4v) is 1.85. The van der Waals surface area contributed by atoms with E-state index >= 15 is 0 Å². The van der Waals surface area contributed by atoms with Gasteiger partial charge in [-0.05, 0) is 25.0 Å². The largest absolute Gasteiger partial charge is 0.465 e. The third-order valence-corrected chi connectivity index (χ3v) is 3.06. The van der Waals surface area contributed by atoms with Crippen molar-refractivity contribution in [3.05, 3.63) is 36.0 Å². The molecule has 1 aromatic heterocycles. The molecule has 0 unspecified atom stereocenters. The Balaban J connectivity index is 1.81. The zero-order valence-corrected chi connectivity index (χ0v) is 11.5. The summed E-state index contributed by atoms with van der Waals surface area (Å²) in [6.07, 6.45) is 3.77. The van der Waals surface area contributed by atoms with Crippen LogP contribution in [0.25, 0.3) is 0 Å². The van der Waals surface area contributed by atoms with Crippen LogP contribution >= 0.6 is 0 Å². The number of aromatic nitrogens is 3. The molecule has 0 radical (unpaired) electrons. The summed E-state index contributed by atoms with van der Waals surface area (Å²) < 4.78 is 4.76. The molecule has 1 saturated carbocycles. The molecule has 7 nitrogen and oxygen atoms in total. The van der Waals surface area contributed by atoms with Gasteiger partial charge in [-0.3, -0.25) is 0 Å². The van der Waals surface area contributed by atoms with Gasteiger partial charge in [0, 0.05) is 6.04 Å². The van der Waals surface area contributed by atoms with Crippen LogP contribution in [0.3, 0.4) is 0 Å². The van der Waals surface area contributed by atoms with Crippen molar-refractivity contribution in [2.75, 3.05) is 17.7 Å². The lowest BCUT2D eigenvalue weighted by molar-refractivity contribution is 0.0602. The fourth-order valence-electron chi connectivity index (χ4n) is 1.85. The molecule has 2 N–H and O–H groups in total. The molecule has 0 saturated heterocycles. The first-order valence-electron chi connectivity index (χ1n) is 6.67. The Hall–Kier alpha value is -2.70. The molecule has 3 rings (SSSR count). The molecule has 7 heteroatoms. The van der Waals surface area contributed by atoms with Gasteiger partial charge < -0.3 is 15.4 Å². The van der Waals surface area contributed by atoms with Crippen molar-refractivity contribution in [3.8, 4) is 0 Å². The second kappa shape index (κ2) is 5.74. The highest BCUT2D eigenvalue weighted by atomic mass is 16.5. The maximum atomic E-state index is 11.7. The van der Waals surface area contributed by atoms with E-state index < -0.39 is 5.97 Å².